The predicted octanol–water partition coefficient (Wildman–Crippen LogP) is 2.74. The van der Waals surface area contributed by atoms with Crippen molar-refractivity contribution >= 4 is 17.7 Å². The topological polar surface area (TPSA) is 63.6 Å². The minimum absolute atomic E-state index is 0.0226. The predicted molar refractivity (Wildman–Crippen MR) is 86.8 cm³/mol. The number of esters is 1. The molecule has 1 fully saturated rings. The largest absolute Gasteiger partial charge is 0.467 e. The summed E-state index contributed by atoms with van der Waals surface area (Å²) in [4.78, 5) is 24.9. The number of benzene rings is 1. The first-order valence-corrected chi connectivity index (χ1v) is 7.69. The highest BCUT2D eigenvalue weighted by molar-refractivity contribution is 5.91. The summed E-state index contributed by atoms with van der Waals surface area (Å²) in [6.07, 6.45) is 3.42. The zero-order valence-electron chi connectivity index (χ0n) is 13.5. The molecule has 2 amide bonds. The highest BCUT2D eigenvalue weighted by Crippen LogP contribution is 2.28. The van der Waals surface area contributed by atoms with Gasteiger partial charge < -0.3 is 19.5 Å². The van der Waals surface area contributed by atoms with Crippen LogP contribution in [-0.4, -0.2) is 47.3 Å². The van der Waals surface area contributed by atoms with E-state index in [2.05, 4.69) is 10.1 Å². The van der Waals surface area contributed by atoms with Gasteiger partial charge in [0, 0.05) is 31.0 Å². The number of methoxy groups -OCH3 is 1. The minimum Gasteiger partial charge on any atom is -0.467 e. The number of carbonyl (C=O) groups is 2. The smallest absolute Gasteiger partial charge is 0.345 e. The van der Waals surface area contributed by atoms with Gasteiger partial charge >= 0.3 is 12.0 Å². The summed E-state index contributed by atoms with van der Waals surface area (Å²) < 4.78 is 34.6. The number of nitrogens with zero attached hydrogens (tertiary/aromatic N) is 2. The molecule has 25 heavy (non-hydrogen) atoms. The summed E-state index contributed by atoms with van der Waals surface area (Å²) in [5, 5.41) is 2.43. The number of rotatable bonds is 3. The standard InChI is InChI=1S/C17H17F2N3O3/c1-25-15(23)17(19)6-9-22(11-17)16(24)20-14-10-12(4-5-13(14)18)21-7-2-3-8-21/h2-5,7-8,10H,6,9,11H2,1H3,(H,20,24)/t17-/m0/s1. The summed E-state index contributed by atoms with van der Waals surface area (Å²) in [6.45, 7) is -0.388. The summed E-state index contributed by atoms with van der Waals surface area (Å²) in [5.74, 6) is -1.62. The molecule has 0 unspecified atom stereocenters. The molecular weight excluding hydrogens is 332 g/mol. The maximum absolute atomic E-state index is 14.4. The normalized spacial score (nSPS) is 19.7. The van der Waals surface area contributed by atoms with Crippen LogP contribution in [0.25, 0.3) is 5.69 Å². The van der Waals surface area contributed by atoms with Crippen molar-refractivity contribution in [1.82, 2.24) is 9.47 Å². The number of alkyl halides is 1. The quantitative estimate of drug-likeness (QED) is 0.867. The van der Waals surface area contributed by atoms with E-state index in [-0.39, 0.29) is 18.7 Å². The van der Waals surface area contributed by atoms with Crippen LogP contribution in [0, 0.1) is 5.82 Å². The van der Waals surface area contributed by atoms with E-state index >= 15 is 0 Å². The van der Waals surface area contributed by atoms with Gasteiger partial charge in [-0.15, -0.1) is 0 Å². The van der Waals surface area contributed by atoms with E-state index in [4.69, 9.17) is 0 Å². The van der Waals surface area contributed by atoms with Crippen LogP contribution < -0.4 is 5.32 Å². The lowest BCUT2D eigenvalue weighted by Gasteiger charge is -2.19. The molecule has 1 saturated heterocycles. The Labute approximate surface area is 143 Å². The lowest BCUT2D eigenvalue weighted by atomic mass is 10.1. The van der Waals surface area contributed by atoms with Crippen LogP contribution in [-0.2, 0) is 9.53 Å². The fourth-order valence-corrected chi connectivity index (χ4v) is 2.77. The third kappa shape index (κ3) is 3.33. The van der Waals surface area contributed by atoms with Gasteiger partial charge in [0.2, 0.25) is 5.67 Å². The molecule has 1 aliphatic rings. The van der Waals surface area contributed by atoms with E-state index in [0.717, 1.165) is 12.0 Å². The fourth-order valence-electron chi connectivity index (χ4n) is 2.77. The molecule has 0 spiro atoms. The van der Waals surface area contributed by atoms with Crippen LogP contribution in [0.15, 0.2) is 42.7 Å². The molecule has 0 aliphatic carbocycles. The first-order chi connectivity index (χ1) is 11.9. The number of hydrogen-bond acceptors (Lipinski definition) is 3. The molecule has 2 aromatic rings. The second-order valence-electron chi connectivity index (χ2n) is 5.81. The maximum Gasteiger partial charge on any atom is 0.345 e. The van der Waals surface area contributed by atoms with Gasteiger partial charge in [-0.05, 0) is 30.3 Å². The van der Waals surface area contributed by atoms with Gasteiger partial charge in [-0.1, -0.05) is 0 Å². The molecule has 2 heterocycles. The Bertz CT molecular complexity index is 794. The first kappa shape index (κ1) is 16.9. The van der Waals surface area contributed by atoms with Crippen molar-refractivity contribution in [2.45, 2.75) is 12.1 Å². The summed E-state index contributed by atoms with van der Waals surface area (Å²) in [5.41, 5.74) is -1.58. The lowest BCUT2D eigenvalue weighted by molar-refractivity contribution is -0.153. The number of urea groups is 1. The Kier molecular flexibility index (Phi) is 4.43. The van der Waals surface area contributed by atoms with Crippen LogP contribution in [0.1, 0.15) is 6.42 Å². The Hall–Kier alpha value is -2.90. The van der Waals surface area contributed by atoms with E-state index in [1.165, 1.54) is 12.1 Å². The van der Waals surface area contributed by atoms with E-state index in [9.17, 15) is 18.4 Å². The second kappa shape index (κ2) is 6.54. The molecule has 132 valence electrons. The number of aromatic nitrogens is 1. The van der Waals surface area contributed by atoms with E-state index < -0.39 is 30.0 Å². The highest BCUT2D eigenvalue weighted by atomic mass is 19.1. The number of amides is 2. The van der Waals surface area contributed by atoms with E-state index in [0.29, 0.717) is 5.69 Å². The molecule has 1 aromatic carbocycles. The minimum atomic E-state index is -2.22. The molecular formula is C17H17F2N3O3. The number of ether oxygens (including phenoxy) is 1. The number of likely N-dealkylation sites (tertiary alicyclic amines) is 1. The average Bonchev–Trinajstić information content (AvgIpc) is 3.26. The Balaban J connectivity index is 1.74. The highest BCUT2D eigenvalue weighted by Gasteiger charge is 2.47. The van der Waals surface area contributed by atoms with Gasteiger partial charge in [0.25, 0.3) is 0 Å². The van der Waals surface area contributed by atoms with Crippen molar-refractivity contribution in [1.29, 1.82) is 0 Å². The van der Waals surface area contributed by atoms with Gasteiger partial charge in [-0.2, -0.15) is 0 Å². The van der Waals surface area contributed by atoms with Crippen molar-refractivity contribution in [3.63, 3.8) is 0 Å². The Morgan fingerprint density at radius 3 is 2.68 bits per heavy atom. The van der Waals surface area contributed by atoms with Crippen LogP contribution in [0.5, 0.6) is 0 Å². The number of carbonyl (C=O) groups excluding carboxylic acids is 2. The van der Waals surface area contributed by atoms with E-state index in [1.807, 2.05) is 12.1 Å². The van der Waals surface area contributed by atoms with Gasteiger partial charge in [0.15, 0.2) is 0 Å². The van der Waals surface area contributed by atoms with Crippen molar-refractivity contribution < 1.29 is 23.1 Å². The SMILES string of the molecule is COC(=O)[C@]1(F)CCN(C(=O)Nc2cc(-n3cccc3)ccc2F)C1. The first-order valence-electron chi connectivity index (χ1n) is 7.69. The number of halogens is 2. The number of nitrogens with one attached hydrogen (secondary N) is 1. The van der Waals surface area contributed by atoms with Crippen molar-refractivity contribution in [3.8, 4) is 5.69 Å². The lowest BCUT2D eigenvalue weighted by Crippen LogP contribution is -2.41. The molecule has 0 bridgehead atoms. The molecule has 6 nitrogen and oxygen atoms in total. The van der Waals surface area contributed by atoms with Gasteiger partial charge in [0.05, 0.1) is 19.3 Å². The van der Waals surface area contributed by atoms with Crippen molar-refractivity contribution in [2.75, 3.05) is 25.5 Å². The third-order valence-electron chi connectivity index (χ3n) is 4.15. The summed E-state index contributed by atoms with van der Waals surface area (Å²) in [7, 11) is 1.09. The molecule has 0 saturated carbocycles. The van der Waals surface area contributed by atoms with E-state index in [1.54, 1.807) is 23.0 Å². The van der Waals surface area contributed by atoms with Gasteiger partial charge in [-0.3, -0.25) is 0 Å². The molecule has 8 heteroatoms. The monoisotopic (exact) mass is 349 g/mol. The van der Waals surface area contributed by atoms with Crippen LogP contribution in [0.4, 0.5) is 19.3 Å². The zero-order chi connectivity index (χ0) is 18.0. The molecule has 1 aromatic heterocycles. The second-order valence-corrected chi connectivity index (χ2v) is 5.81. The molecule has 1 aliphatic heterocycles. The molecule has 3 rings (SSSR count). The van der Waals surface area contributed by atoms with Crippen molar-refractivity contribution in [3.05, 3.63) is 48.5 Å². The zero-order valence-corrected chi connectivity index (χ0v) is 13.5. The Morgan fingerprint density at radius 2 is 2.00 bits per heavy atom. The fraction of sp³-hybridized carbons (Fsp3) is 0.294. The van der Waals surface area contributed by atoms with Gasteiger partial charge in [-0.25, -0.2) is 18.4 Å². The molecule has 1 atom stereocenters. The summed E-state index contributed by atoms with van der Waals surface area (Å²) in [6, 6.07) is 7.26. The summed E-state index contributed by atoms with van der Waals surface area (Å²) >= 11 is 0. The maximum atomic E-state index is 14.4. The average molecular weight is 349 g/mol. The number of hydrogen-bond donors (Lipinski definition) is 1. The number of anilines is 1. The van der Waals surface area contributed by atoms with Crippen LogP contribution in [0.2, 0.25) is 0 Å². The molecule has 1 N–H and O–H groups in total. The van der Waals surface area contributed by atoms with Gasteiger partial charge in [0.1, 0.15) is 5.82 Å². The van der Waals surface area contributed by atoms with Crippen LogP contribution in [0.3, 0.4) is 0 Å². The third-order valence-corrected chi connectivity index (χ3v) is 4.15. The van der Waals surface area contributed by atoms with Crippen LogP contribution >= 0.6 is 0 Å². The van der Waals surface area contributed by atoms with Crippen molar-refractivity contribution in [2.24, 2.45) is 0 Å². The Morgan fingerprint density at radius 1 is 1.28 bits per heavy atom. The molecule has 0 radical (unpaired) electrons.